The van der Waals surface area contributed by atoms with Crippen molar-refractivity contribution in [1.82, 2.24) is 4.98 Å². The van der Waals surface area contributed by atoms with Crippen molar-refractivity contribution in [2.45, 2.75) is 6.92 Å². The fraction of sp³-hybridized carbons (Fsp3) is 0.250. The normalized spacial score (nSPS) is 9.62. The van der Waals surface area contributed by atoms with Crippen LogP contribution in [0.4, 0.5) is 11.5 Å². The van der Waals surface area contributed by atoms with Gasteiger partial charge in [-0.25, -0.2) is 4.98 Å². The van der Waals surface area contributed by atoms with E-state index in [-0.39, 0.29) is 6.54 Å². The van der Waals surface area contributed by atoms with E-state index in [4.69, 9.17) is 10.8 Å². The van der Waals surface area contributed by atoms with Gasteiger partial charge in [-0.05, 0) is 19.1 Å². The fourth-order valence-electron chi connectivity index (χ4n) is 0.836. The van der Waals surface area contributed by atoms with Gasteiger partial charge in [-0.1, -0.05) is 0 Å². The summed E-state index contributed by atoms with van der Waals surface area (Å²) in [6.45, 7) is 1.62. The summed E-state index contributed by atoms with van der Waals surface area (Å²) >= 11 is 0. The Morgan fingerprint density at radius 1 is 1.69 bits per heavy atom. The van der Waals surface area contributed by atoms with E-state index in [1.54, 1.807) is 19.1 Å². The zero-order valence-corrected chi connectivity index (χ0v) is 7.24. The number of nitrogens with two attached hydrogens (primary N) is 1. The smallest absolute Gasteiger partial charge is 0.322 e. The van der Waals surface area contributed by atoms with Crippen LogP contribution in [-0.4, -0.2) is 22.6 Å². The number of pyridine rings is 1. The highest BCUT2D eigenvalue weighted by Crippen LogP contribution is 2.11. The fourth-order valence-corrected chi connectivity index (χ4v) is 0.836. The Balaban J connectivity index is 2.68. The van der Waals surface area contributed by atoms with Crippen LogP contribution in [0.3, 0.4) is 0 Å². The molecule has 1 aromatic heterocycles. The molecule has 5 heteroatoms. The summed E-state index contributed by atoms with van der Waals surface area (Å²) in [5, 5.41) is 11.0. The number of anilines is 2. The van der Waals surface area contributed by atoms with E-state index in [9.17, 15) is 4.79 Å². The minimum atomic E-state index is -0.920. The Hall–Kier alpha value is -1.78. The molecule has 0 fully saturated rings. The first kappa shape index (κ1) is 9.31. The number of aromatic nitrogens is 1. The summed E-state index contributed by atoms with van der Waals surface area (Å²) < 4.78 is 0. The molecule has 70 valence electrons. The Labute approximate surface area is 75.6 Å². The molecule has 0 amide bonds. The highest BCUT2D eigenvalue weighted by atomic mass is 16.4. The third-order valence-corrected chi connectivity index (χ3v) is 1.55. The second-order valence-electron chi connectivity index (χ2n) is 2.62. The summed E-state index contributed by atoms with van der Waals surface area (Å²) in [5.74, 6) is -0.398. The van der Waals surface area contributed by atoms with Crippen molar-refractivity contribution < 1.29 is 9.90 Å². The lowest BCUT2D eigenvalue weighted by Gasteiger charge is -2.04. The lowest BCUT2D eigenvalue weighted by molar-refractivity contribution is -0.134. The Kier molecular flexibility index (Phi) is 2.69. The molecule has 0 atom stereocenters. The summed E-state index contributed by atoms with van der Waals surface area (Å²) in [5.41, 5.74) is 6.83. The van der Waals surface area contributed by atoms with Crippen LogP contribution in [-0.2, 0) is 4.79 Å². The molecule has 1 heterocycles. The summed E-state index contributed by atoms with van der Waals surface area (Å²) in [7, 11) is 0. The topological polar surface area (TPSA) is 88.2 Å². The molecule has 0 aromatic carbocycles. The van der Waals surface area contributed by atoms with Crippen LogP contribution in [0.1, 0.15) is 5.69 Å². The number of carbonyl (C=O) groups is 1. The first-order chi connectivity index (χ1) is 6.09. The van der Waals surface area contributed by atoms with Crippen LogP contribution in [0.2, 0.25) is 0 Å². The third kappa shape index (κ3) is 2.62. The predicted octanol–water partition coefficient (Wildman–Crippen LogP) is 0.469. The zero-order chi connectivity index (χ0) is 9.84. The number of nitrogen functional groups attached to an aromatic ring is 1. The number of nitrogens with zero attached hydrogens (tertiary/aromatic N) is 1. The molecule has 0 saturated heterocycles. The zero-order valence-electron chi connectivity index (χ0n) is 7.24. The monoisotopic (exact) mass is 181 g/mol. The van der Waals surface area contributed by atoms with Crippen LogP contribution >= 0.6 is 0 Å². The van der Waals surface area contributed by atoms with Crippen molar-refractivity contribution in [2.24, 2.45) is 0 Å². The van der Waals surface area contributed by atoms with Gasteiger partial charge in [-0.2, -0.15) is 0 Å². The Bertz CT molecular complexity index is 325. The van der Waals surface area contributed by atoms with Gasteiger partial charge in [-0.3, -0.25) is 4.79 Å². The predicted molar refractivity (Wildman–Crippen MR) is 49.5 cm³/mol. The van der Waals surface area contributed by atoms with Crippen LogP contribution in [0.15, 0.2) is 12.1 Å². The van der Waals surface area contributed by atoms with Gasteiger partial charge in [0.15, 0.2) is 0 Å². The average molecular weight is 181 g/mol. The number of hydrogen-bond acceptors (Lipinski definition) is 4. The number of nitrogens with one attached hydrogen (secondary N) is 1. The molecule has 0 unspecified atom stereocenters. The van der Waals surface area contributed by atoms with E-state index in [1.807, 2.05) is 0 Å². The van der Waals surface area contributed by atoms with Gasteiger partial charge in [-0.15, -0.1) is 0 Å². The molecule has 0 saturated carbocycles. The molecule has 0 bridgehead atoms. The second kappa shape index (κ2) is 3.75. The maximum Gasteiger partial charge on any atom is 0.322 e. The standard InChI is InChI=1S/C8H11N3O2/c1-5-6(9)2-3-7(11-5)10-4-8(12)13/h2-3H,4,9H2,1H3,(H,10,11)(H,12,13). The van der Waals surface area contributed by atoms with Gasteiger partial charge in [0.2, 0.25) is 0 Å². The average Bonchev–Trinajstić information content (AvgIpc) is 2.07. The first-order valence-electron chi connectivity index (χ1n) is 3.78. The van der Waals surface area contributed by atoms with Crippen LogP contribution < -0.4 is 11.1 Å². The molecule has 1 rings (SSSR count). The minimum absolute atomic E-state index is 0.143. The molecule has 0 aliphatic heterocycles. The van der Waals surface area contributed by atoms with Crippen molar-refractivity contribution in [3.05, 3.63) is 17.8 Å². The second-order valence-corrected chi connectivity index (χ2v) is 2.62. The molecule has 5 nitrogen and oxygen atoms in total. The molecule has 0 radical (unpaired) electrons. The number of aliphatic carboxylic acids is 1. The Morgan fingerprint density at radius 3 is 2.92 bits per heavy atom. The van der Waals surface area contributed by atoms with E-state index in [0.717, 1.165) is 0 Å². The lowest BCUT2D eigenvalue weighted by Crippen LogP contribution is -2.13. The van der Waals surface area contributed by atoms with Gasteiger partial charge in [0, 0.05) is 0 Å². The number of carboxylic acids is 1. The number of carboxylic acid groups (broad SMARTS) is 1. The SMILES string of the molecule is Cc1nc(NCC(=O)O)ccc1N. The highest BCUT2D eigenvalue weighted by Gasteiger charge is 1.99. The van der Waals surface area contributed by atoms with Crippen molar-refractivity contribution in [3.63, 3.8) is 0 Å². The number of rotatable bonds is 3. The van der Waals surface area contributed by atoms with Gasteiger partial charge in [0.1, 0.15) is 12.4 Å². The largest absolute Gasteiger partial charge is 0.480 e. The molecule has 4 N–H and O–H groups in total. The van der Waals surface area contributed by atoms with Crippen molar-refractivity contribution in [2.75, 3.05) is 17.6 Å². The summed E-state index contributed by atoms with van der Waals surface area (Å²) in [4.78, 5) is 14.3. The summed E-state index contributed by atoms with van der Waals surface area (Å²) in [6, 6.07) is 3.33. The van der Waals surface area contributed by atoms with Crippen LogP contribution in [0.25, 0.3) is 0 Å². The van der Waals surface area contributed by atoms with Gasteiger partial charge in [0.25, 0.3) is 0 Å². The minimum Gasteiger partial charge on any atom is -0.480 e. The van der Waals surface area contributed by atoms with E-state index in [2.05, 4.69) is 10.3 Å². The van der Waals surface area contributed by atoms with Crippen molar-refractivity contribution in [1.29, 1.82) is 0 Å². The summed E-state index contributed by atoms with van der Waals surface area (Å²) in [6.07, 6.45) is 0. The van der Waals surface area contributed by atoms with Gasteiger partial charge in [0.05, 0.1) is 11.4 Å². The van der Waals surface area contributed by atoms with Crippen molar-refractivity contribution >= 4 is 17.5 Å². The van der Waals surface area contributed by atoms with E-state index in [1.165, 1.54) is 0 Å². The quantitative estimate of drug-likeness (QED) is 0.630. The molecule has 1 aromatic rings. The molecule has 0 aliphatic rings. The number of hydrogen-bond donors (Lipinski definition) is 3. The van der Waals surface area contributed by atoms with Gasteiger partial charge < -0.3 is 16.2 Å². The molecule has 13 heavy (non-hydrogen) atoms. The van der Waals surface area contributed by atoms with E-state index in [0.29, 0.717) is 17.2 Å². The van der Waals surface area contributed by atoms with Crippen LogP contribution in [0, 0.1) is 6.92 Å². The maximum absolute atomic E-state index is 10.2. The Morgan fingerprint density at radius 2 is 2.38 bits per heavy atom. The third-order valence-electron chi connectivity index (χ3n) is 1.55. The van der Waals surface area contributed by atoms with E-state index < -0.39 is 5.97 Å². The number of aryl methyl sites for hydroxylation is 1. The molecule has 0 spiro atoms. The van der Waals surface area contributed by atoms with Gasteiger partial charge >= 0.3 is 5.97 Å². The molecular weight excluding hydrogens is 170 g/mol. The highest BCUT2D eigenvalue weighted by molar-refractivity contribution is 5.72. The van der Waals surface area contributed by atoms with Crippen molar-refractivity contribution in [3.8, 4) is 0 Å². The maximum atomic E-state index is 10.2. The molecular formula is C8H11N3O2. The molecule has 0 aliphatic carbocycles. The first-order valence-corrected chi connectivity index (χ1v) is 3.78. The van der Waals surface area contributed by atoms with E-state index >= 15 is 0 Å². The lowest BCUT2D eigenvalue weighted by atomic mass is 10.3. The van der Waals surface area contributed by atoms with Crippen LogP contribution in [0.5, 0.6) is 0 Å².